The number of carboxylic acids is 1. The van der Waals surface area contributed by atoms with Crippen LogP contribution in [-0.4, -0.2) is 39.7 Å². The Hall–Kier alpha value is -2.69. The Morgan fingerprint density at radius 3 is 2.48 bits per heavy atom. The number of rotatable bonds is 9. The average molecular weight is 492 g/mol. The Labute approximate surface area is 192 Å². The van der Waals surface area contributed by atoms with E-state index in [9.17, 15) is 26.7 Å². The molecule has 0 fully saturated rings. The van der Waals surface area contributed by atoms with E-state index in [1.54, 1.807) is 36.4 Å². The fourth-order valence-corrected chi connectivity index (χ4v) is 6.78. The summed E-state index contributed by atoms with van der Waals surface area (Å²) in [6.45, 7) is 0. The van der Waals surface area contributed by atoms with E-state index in [4.69, 9.17) is 4.42 Å². The maximum absolute atomic E-state index is 12.9. The molecule has 1 aliphatic carbocycles. The van der Waals surface area contributed by atoms with Gasteiger partial charge in [-0.1, -0.05) is 30.3 Å². The SMILES string of the molecule is O=C(O)C(CCS(=O)(=O)Cc1ccccc1)NS(=O)(=O)c1ccc2c3c(oc2c1)CCCC3. The molecule has 2 N–H and O–H groups in total. The molecule has 1 atom stereocenters. The molecule has 1 aromatic heterocycles. The molecule has 8 nitrogen and oxygen atoms in total. The number of sulfonamides is 1. The van der Waals surface area contributed by atoms with Crippen molar-refractivity contribution in [2.45, 2.75) is 48.8 Å². The van der Waals surface area contributed by atoms with Gasteiger partial charge in [-0.3, -0.25) is 4.79 Å². The van der Waals surface area contributed by atoms with Gasteiger partial charge < -0.3 is 9.52 Å². The summed E-state index contributed by atoms with van der Waals surface area (Å²) in [4.78, 5) is 11.6. The Morgan fingerprint density at radius 1 is 1.03 bits per heavy atom. The van der Waals surface area contributed by atoms with Gasteiger partial charge in [-0.05, 0) is 43.4 Å². The minimum atomic E-state index is -4.21. The first kappa shape index (κ1) is 23.5. The van der Waals surface area contributed by atoms with Crippen molar-refractivity contribution < 1.29 is 31.2 Å². The normalized spacial score (nSPS) is 15.3. The first-order chi connectivity index (χ1) is 15.6. The first-order valence-corrected chi connectivity index (χ1v) is 14.0. The van der Waals surface area contributed by atoms with Crippen molar-refractivity contribution in [1.29, 1.82) is 0 Å². The lowest BCUT2D eigenvalue weighted by atomic mass is 9.96. The number of aryl methyl sites for hydroxylation is 2. The molecule has 0 saturated heterocycles. The Morgan fingerprint density at radius 2 is 1.76 bits per heavy atom. The maximum atomic E-state index is 12.9. The summed E-state index contributed by atoms with van der Waals surface area (Å²) in [5, 5.41) is 10.4. The summed E-state index contributed by atoms with van der Waals surface area (Å²) in [6.07, 6.45) is 3.37. The molecule has 1 heterocycles. The zero-order valence-electron chi connectivity index (χ0n) is 17.9. The smallest absolute Gasteiger partial charge is 0.321 e. The van der Waals surface area contributed by atoms with E-state index < -0.39 is 37.6 Å². The van der Waals surface area contributed by atoms with Gasteiger partial charge in [-0.15, -0.1) is 0 Å². The zero-order chi connectivity index (χ0) is 23.6. The number of sulfone groups is 1. The van der Waals surface area contributed by atoms with Gasteiger partial charge in [0.2, 0.25) is 10.0 Å². The average Bonchev–Trinajstić information content (AvgIpc) is 3.15. The van der Waals surface area contributed by atoms with Gasteiger partial charge >= 0.3 is 5.97 Å². The summed E-state index contributed by atoms with van der Waals surface area (Å²) in [5.74, 6) is -1.29. The van der Waals surface area contributed by atoms with Gasteiger partial charge in [-0.25, -0.2) is 16.8 Å². The van der Waals surface area contributed by atoms with Crippen LogP contribution in [0.5, 0.6) is 0 Å². The number of fused-ring (bicyclic) bond motifs is 3. The molecular formula is C23H25NO7S2. The van der Waals surface area contributed by atoms with Crippen molar-refractivity contribution in [2.24, 2.45) is 0 Å². The van der Waals surface area contributed by atoms with Crippen molar-refractivity contribution in [3.63, 3.8) is 0 Å². The molecule has 176 valence electrons. The molecule has 33 heavy (non-hydrogen) atoms. The van der Waals surface area contributed by atoms with Gasteiger partial charge in [0.15, 0.2) is 9.84 Å². The van der Waals surface area contributed by atoms with E-state index in [1.807, 2.05) is 0 Å². The van der Waals surface area contributed by atoms with Gasteiger partial charge in [0.1, 0.15) is 17.4 Å². The molecule has 10 heteroatoms. The lowest BCUT2D eigenvalue weighted by molar-refractivity contribution is -0.139. The topological polar surface area (TPSA) is 131 Å². The van der Waals surface area contributed by atoms with Gasteiger partial charge in [0, 0.05) is 23.4 Å². The van der Waals surface area contributed by atoms with Gasteiger partial charge in [-0.2, -0.15) is 4.72 Å². The number of benzene rings is 2. The fourth-order valence-electron chi connectivity index (χ4n) is 4.10. The highest BCUT2D eigenvalue weighted by molar-refractivity contribution is 7.90. The van der Waals surface area contributed by atoms with Crippen molar-refractivity contribution in [3.05, 3.63) is 65.4 Å². The number of hydrogen-bond donors (Lipinski definition) is 2. The molecule has 0 aliphatic heterocycles. The summed E-state index contributed by atoms with van der Waals surface area (Å²) < 4.78 is 58.6. The van der Waals surface area contributed by atoms with Crippen LogP contribution in [0, 0.1) is 0 Å². The van der Waals surface area contributed by atoms with E-state index in [-0.39, 0.29) is 17.1 Å². The largest absolute Gasteiger partial charge is 0.480 e. The molecule has 0 bridgehead atoms. The molecular weight excluding hydrogens is 466 g/mol. The lowest BCUT2D eigenvalue weighted by Crippen LogP contribution is -2.41. The van der Waals surface area contributed by atoms with Crippen LogP contribution in [-0.2, 0) is 43.2 Å². The summed E-state index contributed by atoms with van der Waals surface area (Å²) in [6, 6.07) is 11.4. The van der Waals surface area contributed by atoms with E-state index in [0.717, 1.165) is 42.4 Å². The minimum Gasteiger partial charge on any atom is -0.480 e. The number of carbonyl (C=O) groups is 1. The van der Waals surface area contributed by atoms with Crippen LogP contribution < -0.4 is 4.72 Å². The second-order valence-electron chi connectivity index (χ2n) is 8.25. The summed E-state index contributed by atoms with van der Waals surface area (Å²) in [7, 11) is -7.84. The van der Waals surface area contributed by atoms with Crippen molar-refractivity contribution in [2.75, 3.05) is 5.75 Å². The maximum Gasteiger partial charge on any atom is 0.321 e. The third kappa shape index (κ3) is 5.45. The highest BCUT2D eigenvalue weighted by atomic mass is 32.2. The third-order valence-corrected chi connectivity index (χ3v) is 8.88. The summed E-state index contributed by atoms with van der Waals surface area (Å²) >= 11 is 0. The van der Waals surface area contributed by atoms with E-state index in [0.29, 0.717) is 11.1 Å². The second-order valence-corrected chi connectivity index (χ2v) is 12.1. The molecule has 0 amide bonds. The van der Waals surface area contributed by atoms with E-state index >= 15 is 0 Å². The van der Waals surface area contributed by atoms with Gasteiger partial charge in [0.05, 0.1) is 16.4 Å². The van der Waals surface area contributed by atoms with Crippen LogP contribution >= 0.6 is 0 Å². The number of nitrogens with one attached hydrogen (secondary N) is 1. The van der Waals surface area contributed by atoms with Crippen LogP contribution in [0.3, 0.4) is 0 Å². The van der Waals surface area contributed by atoms with Crippen LogP contribution in [0.15, 0.2) is 57.8 Å². The zero-order valence-corrected chi connectivity index (χ0v) is 19.5. The predicted octanol–water partition coefficient (Wildman–Crippen LogP) is 3.05. The number of aliphatic carboxylic acids is 1. The molecule has 1 unspecified atom stereocenters. The standard InChI is InChI=1S/C23H25NO7S2/c25-23(26)20(12-13-32(27,28)15-16-6-2-1-3-7-16)24-33(29,30)17-10-11-19-18-8-4-5-9-21(18)31-22(19)14-17/h1-3,6-7,10-11,14,20,24H,4-5,8-9,12-13,15H2,(H,25,26). The van der Waals surface area contributed by atoms with Crippen LogP contribution in [0.1, 0.15) is 36.1 Å². The van der Waals surface area contributed by atoms with Crippen molar-refractivity contribution >= 4 is 36.8 Å². The Kier molecular flexibility index (Phi) is 6.60. The highest BCUT2D eigenvalue weighted by Gasteiger charge is 2.28. The van der Waals surface area contributed by atoms with E-state index in [2.05, 4.69) is 4.72 Å². The minimum absolute atomic E-state index is 0.125. The first-order valence-electron chi connectivity index (χ1n) is 10.7. The lowest BCUT2D eigenvalue weighted by Gasteiger charge is -2.15. The van der Waals surface area contributed by atoms with Crippen molar-refractivity contribution in [3.8, 4) is 0 Å². The Balaban J connectivity index is 1.49. The third-order valence-electron chi connectivity index (χ3n) is 5.78. The Bertz CT molecular complexity index is 1380. The molecule has 2 aromatic carbocycles. The van der Waals surface area contributed by atoms with Crippen LogP contribution in [0.25, 0.3) is 11.0 Å². The van der Waals surface area contributed by atoms with Crippen LogP contribution in [0.2, 0.25) is 0 Å². The molecule has 0 radical (unpaired) electrons. The quantitative estimate of drug-likeness (QED) is 0.470. The predicted molar refractivity (Wildman–Crippen MR) is 123 cm³/mol. The molecule has 0 spiro atoms. The monoisotopic (exact) mass is 491 g/mol. The molecule has 3 aromatic rings. The number of furan rings is 1. The van der Waals surface area contributed by atoms with E-state index in [1.165, 1.54) is 12.1 Å². The molecule has 0 saturated carbocycles. The summed E-state index contributed by atoms with van der Waals surface area (Å²) in [5.41, 5.74) is 2.13. The number of hydrogen-bond acceptors (Lipinski definition) is 6. The molecule has 1 aliphatic rings. The fraction of sp³-hybridized carbons (Fsp3) is 0.348. The molecule has 4 rings (SSSR count). The second kappa shape index (κ2) is 9.28. The van der Waals surface area contributed by atoms with Crippen molar-refractivity contribution in [1.82, 2.24) is 4.72 Å². The van der Waals surface area contributed by atoms with Gasteiger partial charge in [0.25, 0.3) is 0 Å². The van der Waals surface area contributed by atoms with Crippen LogP contribution in [0.4, 0.5) is 0 Å². The number of carboxylic acid groups (broad SMARTS) is 1. The highest BCUT2D eigenvalue weighted by Crippen LogP contribution is 2.33.